The minimum Gasteiger partial charge on any atom is -0.494 e. The van der Waals surface area contributed by atoms with Gasteiger partial charge in [-0.15, -0.1) is 6.58 Å². The van der Waals surface area contributed by atoms with E-state index in [9.17, 15) is 4.39 Å². The molecular weight excluding hydrogens is 193 g/mol. The zero-order chi connectivity index (χ0) is 11.3. The van der Waals surface area contributed by atoms with E-state index in [4.69, 9.17) is 10.5 Å². The lowest BCUT2D eigenvalue weighted by Gasteiger charge is -2.13. The van der Waals surface area contributed by atoms with Crippen LogP contribution in [0.2, 0.25) is 0 Å². The SMILES string of the molecule is C=CCC[C@H](N)c1cccc(OC)c1F. The van der Waals surface area contributed by atoms with Crippen LogP contribution >= 0.6 is 0 Å². The van der Waals surface area contributed by atoms with Gasteiger partial charge in [0.2, 0.25) is 0 Å². The Bertz CT molecular complexity index is 338. The van der Waals surface area contributed by atoms with Gasteiger partial charge in [0, 0.05) is 11.6 Å². The first-order chi connectivity index (χ1) is 7.20. The minimum absolute atomic E-state index is 0.238. The highest BCUT2D eigenvalue weighted by molar-refractivity contribution is 5.32. The zero-order valence-electron chi connectivity index (χ0n) is 8.87. The molecule has 82 valence electrons. The van der Waals surface area contributed by atoms with Gasteiger partial charge in [-0.25, -0.2) is 4.39 Å². The topological polar surface area (TPSA) is 35.2 Å². The molecule has 0 spiro atoms. The predicted molar refractivity (Wildman–Crippen MR) is 59.3 cm³/mol. The van der Waals surface area contributed by atoms with Gasteiger partial charge in [-0.1, -0.05) is 18.2 Å². The van der Waals surface area contributed by atoms with E-state index in [1.807, 2.05) is 0 Å². The molecule has 0 radical (unpaired) electrons. The van der Waals surface area contributed by atoms with Gasteiger partial charge in [-0.3, -0.25) is 0 Å². The van der Waals surface area contributed by atoms with Crippen molar-refractivity contribution in [2.45, 2.75) is 18.9 Å². The summed E-state index contributed by atoms with van der Waals surface area (Å²) in [4.78, 5) is 0. The van der Waals surface area contributed by atoms with E-state index in [-0.39, 0.29) is 17.6 Å². The zero-order valence-corrected chi connectivity index (χ0v) is 8.87. The number of ether oxygens (including phenoxy) is 1. The summed E-state index contributed by atoms with van der Waals surface area (Å²) in [5.41, 5.74) is 6.36. The largest absolute Gasteiger partial charge is 0.494 e. The number of hydrogen-bond acceptors (Lipinski definition) is 2. The lowest BCUT2D eigenvalue weighted by atomic mass is 10.0. The van der Waals surface area contributed by atoms with Crippen LogP contribution in [0, 0.1) is 5.82 Å². The number of allylic oxidation sites excluding steroid dienone is 1. The van der Waals surface area contributed by atoms with Crippen LogP contribution in [0.15, 0.2) is 30.9 Å². The van der Waals surface area contributed by atoms with Crippen molar-refractivity contribution in [3.05, 3.63) is 42.2 Å². The van der Waals surface area contributed by atoms with Gasteiger partial charge in [0.15, 0.2) is 11.6 Å². The molecule has 0 fully saturated rings. The summed E-state index contributed by atoms with van der Waals surface area (Å²) in [5, 5.41) is 0. The van der Waals surface area contributed by atoms with Crippen LogP contribution in [0.25, 0.3) is 0 Å². The second kappa shape index (κ2) is 5.51. The number of nitrogens with two attached hydrogens (primary N) is 1. The maximum absolute atomic E-state index is 13.7. The monoisotopic (exact) mass is 209 g/mol. The van der Waals surface area contributed by atoms with Crippen LogP contribution in [0.1, 0.15) is 24.4 Å². The summed E-state index contributed by atoms with van der Waals surface area (Å²) in [6.07, 6.45) is 3.24. The fourth-order valence-electron chi connectivity index (χ4n) is 1.42. The molecule has 1 aromatic rings. The molecule has 0 unspecified atom stereocenters. The van der Waals surface area contributed by atoms with E-state index in [1.54, 1.807) is 24.3 Å². The summed E-state index contributed by atoms with van der Waals surface area (Å²) >= 11 is 0. The smallest absolute Gasteiger partial charge is 0.169 e. The second-order valence-electron chi connectivity index (χ2n) is 3.34. The number of methoxy groups -OCH3 is 1. The molecule has 1 rings (SSSR count). The van der Waals surface area contributed by atoms with Gasteiger partial charge >= 0.3 is 0 Å². The van der Waals surface area contributed by atoms with Crippen LogP contribution in [-0.4, -0.2) is 7.11 Å². The van der Waals surface area contributed by atoms with Crippen LogP contribution in [0.3, 0.4) is 0 Å². The average Bonchev–Trinajstić information content (AvgIpc) is 2.26. The second-order valence-corrected chi connectivity index (χ2v) is 3.34. The molecule has 0 aliphatic carbocycles. The fraction of sp³-hybridized carbons (Fsp3) is 0.333. The van der Waals surface area contributed by atoms with E-state index in [1.165, 1.54) is 7.11 Å². The van der Waals surface area contributed by atoms with Crippen LogP contribution in [0.5, 0.6) is 5.75 Å². The first-order valence-electron chi connectivity index (χ1n) is 4.89. The van der Waals surface area contributed by atoms with E-state index in [0.717, 1.165) is 6.42 Å². The molecule has 0 bridgehead atoms. The Kier molecular flexibility index (Phi) is 4.31. The van der Waals surface area contributed by atoms with E-state index >= 15 is 0 Å². The molecule has 1 aromatic carbocycles. The van der Waals surface area contributed by atoms with Gasteiger partial charge in [-0.2, -0.15) is 0 Å². The molecule has 0 heterocycles. The minimum atomic E-state index is -0.364. The first-order valence-corrected chi connectivity index (χ1v) is 4.89. The van der Waals surface area contributed by atoms with Gasteiger partial charge < -0.3 is 10.5 Å². The van der Waals surface area contributed by atoms with Gasteiger partial charge in [0.1, 0.15) is 0 Å². The van der Waals surface area contributed by atoms with E-state index in [0.29, 0.717) is 12.0 Å². The van der Waals surface area contributed by atoms with Gasteiger partial charge in [-0.05, 0) is 18.9 Å². The third-order valence-corrected chi connectivity index (χ3v) is 2.29. The van der Waals surface area contributed by atoms with Crippen molar-refractivity contribution in [2.75, 3.05) is 7.11 Å². The summed E-state index contributed by atoms with van der Waals surface area (Å²) in [6, 6.07) is 4.70. The Morgan fingerprint density at radius 2 is 2.33 bits per heavy atom. The first kappa shape index (κ1) is 11.7. The third kappa shape index (κ3) is 2.80. The Labute approximate surface area is 89.6 Å². The molecule has 0 aromatic heterocycles. The maximum atomic E-state index is 13.7. The number of halogens is 1. The molecule has 3 heteroatoms. The molecule has 0 saturated carbocycles. The van der Waals surface area contributed by atoms with E-state index < -0.39 is 0 Å². The van der Waals surface area contributed by atoms with Gasteiger partial charge in [0.25, 0.3) is 0 Å². The van der Waals surface area contributed by atoms with E-state index in [2.05, 4.69) is 6.58 Å². The maximum Gasteiger partial charge on any atom is 0.169 e. The standard InChI is InChI=1S/C12H16FNO/c1-3-4-7-10(14)9-6-5-8-11(15-2)12(9)13/h3,5-6,8,10H,1,4,7,14H2,2H3/t10-/m0/s1. The molecular formula is C12H16FNO. The van der Waals surface area contributed by atoms with Crippen molar-refractivity contribution in [3.63, 3.8) is 0 Å². The van der Waals surface area contributed by atoms with Gasteiger partial charge in [0.05, 0.1) is 7.11 Å². The number of benzene rings is 1. The molecule has 0 amide bonds. The Morgan fingerprint density at radius 1 is 1.60 bits per heavy atom. The predicted octanol–water partition coefficient (Wildman–Crippen LogP) is 2.80. The summed E-state index contributed by atoms with van der Waals surface area (Å²) in [6.45, 7) is 3.61. The molecule has 0 aliphatic heterocycles. The van der Waals surface area contributed by atoms with Crippen LogP contribution in [-0.2, 0) is 0 Å². The van der Waals surface area contributed by atoms with Crippen LogP contribution < -0.4 is 10.5 Å². The molecule has 0 aliphatic rings. The highest BCUT2D eigenvalue weighted by Crippen LogP contribution is 2.25. The molecule has 15 heavy (non-hydrogen) atoms. The molecule has 2 nitrogen and oxygen atoms in total. The highest BCUT2D eigenvalue weighted by atomic mass is 19.1. The highest BCUT2D eigenvalue weighted by Gasteiger charge is 2.13. The Morgan fingerprint density at radius 3 is 2.93 bits per heavy atom. The Balaban J connectivity index is 2.88. The van der Waals surface area contributed by atoms with Crippen molar-refractivity contribution in [3.8, 4) is 5.75 Å². The molecule has 2 N–H and O–H groups in total. The lowest BCUT2D eigenvalue weighted by Crippen LogP contribution is -2.12. The summed E-state index contributed by atoms with van der Waals surface area (Å²) in [5.74, 6) is -0.127. The average molecular weight is 209 g/mol. The Hall–Kier alpha value is -1.35. The third-order valence-electron chi connectivity index (χ3n) is 2.29. The normalized spacial score (nSPS) is 12.2. The summed E-state index contributed by atoms with van der Waals surface area (Å²) in [7, 11) is 1.44. The van der Waals surface area contributed by atoms with Crippen molar-refractivity contribution in [1.82, 2.24) is 0 Å². The molecule has 0 saturated heterocycles. The lowest BCUT2D eigenvalue weighted by molar-refractivity contribution is 0.381. The quantitative estimate of drug-likeness (QED) is 0.757. The van der Waals surface area contributed by atoms with Crippen molar-refractivity contribution >= 4 is 0 Å². The molecule has 1 atom stereocenters. The fourth-order valence-corrected chi connectivity index (χ4v) is 1.42. The number of rotatable bonds is 5. The van der Waals surface area contributed by atoms with Crippen molar-refractivity contribution < 1.29 is 9.13 Å². The van der Waals surface area contributed by atoms with Crippen LogP contribution in [0.4, 0.5) is 4.39 Å². The van der Waals surface area contributed by atoms with Crippen molar-refractivity contribution in [1.29, 1.82) is 0 Å². The number of hydrogen-bond donors (Lipinski definition) is 1. The summed E-state index contributed by atoms with van der Waals surface area (Å²) < 4.78 is 18.6. The van der Waals surface area contributed by atoms with Crippen molar-refractivity contribution in [2.24, 2.45) is 5.73 Å².